The fraction of sp³-hybridized carbons (Fsp3) is 0.444. The SMILES string of the molecule is CC(C)(C)c1cc(NC(=O)c2ccc3c(c2)CCCC3)n[nH]1. The number of hydrogen-bond donors (Lipinski definition) is 2. The minimum atomic E-state index is -0.0969. The summed E-state index contributed by atoms with van der Waals surface area (Å²) in [5.74, 6) is 0.480. The van der Waals surface area contributed by atoms with Crippen LogP contribution < -0.4 is 5.32 Å². The van der Waals surface area contributed by atoms with Crippen molar-refractivity contribution in [1.29, 1.82) is 0 Å². The van der Waals surface area contributed by atoms with Crippen LogP contribution in [0.3, 0.4) is 0 Å². The number of aromatic amines is 1. The Morgan fingerprint density at radius 3 is 2.55 bits per heavy atom. The molecule has 2 aromatic rings. The Bertz CT molecular complexity index is 695. The zero-order valence-electron chi connectivity index (χ0n) is 13.5. The van der Waals surface area contributed by atoms with Crippen LogP contribution in [0.1, 0.15) is 60.8 Å². The molecule has 0 fully saturated rings. The van der Waals surface area contributed by atoms with Gasteiger partial charge in [-0.25, -0.2) is 0 Å². The molecule has 4 heteroatoms. The molecule has 3 rings (SSSR count). The smallest absolute Gasteiger partial charge is 0.256 e. The predicted molar refractivity (Wildman–Crippen MR) is 88.3 cm³/mol. The second kappa shape index (κ2) is 5.59. The predicted octanol–water partition coefficient (Wildman–Crippen LogP) is 3.84. The van der Waals surface area contributed by atoms with Crippen LogP contribution in [0.2, 0.25) is 0 Å². The highest BCUT2D eigenvalue weighted by atomic mass is 16.1. The van der Waals surface area contributed by atoms with Gasteiger partial charge in [0.2, 0.25) is 0 Å². The molecule has 0 spiro atoms. The van der Waals surface area contributed by atoms with E-state index in [0.717, 1.165) is 18.5 Å². The first-order chi connectivity index (χ1) is 10.4. The number of fused-ring (bicyclic) bond motifs is 1. The number of nitrogens with one attached hydrogen (secondary N) is 2. The first-order valence-electron chi connectivity index (χ1n) is 7.92. The van der Waals surface area contributed by atoms with Crippen LogP contribution in [0.4, 0.5) is 5.82 Å². The van der Waals surface area contributed by atoms with Gasteiger partial charge in [-0.05, 0) is 48.9 Å². The van der Waals surface area contributed by atoms with Gasteiger partial charge in [0.25, 0.3) is 5.91 Å². The lowest BCUT2D eigenvalue weighted by Crippen LogP contribution is -2.14. The van der Waals surface area contributed by atoms with Crippen molar-refractivity contribution < 1.29 is 4.79 Å². The molecule has 1 aromatic carbocycles. The summed E-state index contributed by atoms with van der Waals surface area (Å²) in [4.78, 5) is 12.4. The molecule has 1 heterocycles. The van der Waals surface area contributed by atoms with Crippen molar-refractivity contribution in [2.75, 3.05) is 5.32 Å². The third kappa shape index (κ3) is 3.06. The van der Waals surface area contributed by atoms with Crippen molar-refractivity contribution in [2.24, 2.45) is 0 Å². The van der Waals surface area contributed by atoms with E-state index in [2.05, 4.69) is 42.4 Å². The van der Waals surface area contributed by atoms with E-state index in [4.69, 9.17) is 0 Å². The number of aromatic nitrogens is 2. The Labute approximate surface area is 131 Å². The number of benzene rings is 1. The minimum Gasteiger partial charge on any atom is -0.305 e. The lowest BCUT2D eigenvalue weighted by atomic mass is 9.90. The number of H-pyrrole nitrogens is 1. The molecule has 2 N–H and O–H groups in total. The van der Waals surface area contributed by atoms with Gasteiger partial charge < -0.3 is 5.32 Å². The molecule has 0 saturated heterocycles. The second-order valence-corrected chi connectivity index (χ2v) is 7.06. The van der Waals surface area contributed by atoms with Crippen molar-refractivity contribution in [1.82, 2.24) is 10.2 Å². The lowest BCUT2D eigenvalue weighted by molar-refractivity contribution is 0.102. The Morgan fingerprint density at radius 2 is 1.86 bits per heavy atom. The Hall–Kier alpha value is -2.10. The molecule has 0 bridgehead atoms. The van der Waals surface area contributed by atoms with E-state index in [1.807, 2.05) is 18.2 Å². The van der Waals surface area contributed by atoms with Gasteiger partial charge in [0.1, 0.15) is 0 Å². The first kappa shape index (κ1) is 14.8. The monoisotopic (exact) mass is 297 g/mol. The molecule has 1 aliphatic carbocycles. The number of amides is 1. The fourth-order valence-electron chi connectivity index (χ4n) is 2.83. The molecule has 1 aliphatic rings. The summed E-state index contributed by atoms with van der Waals surface area (Å²) in [5.41, 5.74) is 4.41. The van der Waals surface area contributed by atoms with Crippen LogP contribution in [0.25, 0.3) is 0 Å². The van der Waals surface area contributed by atoms with E-state index in [1.165, 1.54) is 24.0 Å². The Morgan fingerprint density at radius 1 is 1.14 bits per heavy atom. The zero-order valence-corrected chi connectivity index (χ0v) is 13.5. The molecule has 0 aliphatic heterocycles. The fourth-order valence-corrected chi connectivity index (χ4v) is 2.83. The maximum Gasteiger partial charge on any atom is 0.256 e. The third-order valence-corrected chi connectivity index (χ3v) is 4.24. The van der Waals surface area contributed by atoms with Crippen molar-refractivity contribution in [2.45, 2.75) is 51.9 Å². The Kier molecular flexibility index (Phi) is 3.77. The van der Waals surface area contributed by atoms with Gasteiger partial charge >= 0.3 is 0 Å². The van der Waals surface area contributed by atoms with Gasteiger partial charge in [-0.3, -0.25) is 9.89 Å². The van der Waals surface area contributed by atoms with Gasteiger partial charge in [0.05, 0.1) is 0 Å². The standard InChI is InChI=1S/C18H23N3O/c1-18(2,3)15-11-16(21-20-15)19-17(22)14-9-8-12-6-4-5-7-13(12)10-14/h8-11H,4-7H2,1-3H3,(H2,19,20,21,22). The molecule has 0 atom stereocenters. The van der Waals surface area contributed by atoms with E-state index in [-0.39, 0.29) is 11.3 Å². The van der Waals surface area contributed by atoms with E-state index in [1.54, 1.807) is 0 Å². The quantitative estimate of drug-likeness (QED) is 0.885. The number of nitrogens with zero attached hydrogens (tertiary/aromatic N) is 1. The second-order valence-electron chi connectivity index (χ2n) is 7.06. The molecule has 0 saturated carbocycles. The zero-order chi connectivity index (χ0) is 15.7. The number of carbonyl (C=O) groups is 1. The first-order valence-corrected chi connectivity index (χ1v) is 7.92. The summed E-state index contributed by atoms with van der Waals surface area (Å²) >= 11 is 0. The van der Waals surface area contributed by atoms with Gasteiger partial charge in [0.15, 0.2) is 5.82 Å². The summed E-state index contributed by atoms with van der Waals surface area (Å²) in [6.07, 6.45) is 4.67. The van der Waals surface area contributed by atoms with E-state index in [9.17, 15) is 4.79 Å². The summed E-state index contributed by atoms with van der Waals surface area (Å²) < 4.78 is 0. The summed E-state index contributed by atoms with van der Waals surface area (Å²) in [5, 5.41) is 10.0. The van der Waals surface area contributed by atoms with E-state index >= 15 is 0 Å². The number of aryl methyl sites for hydroxylation is 2. The van der Waals surface area contributed by atoms with Crippen LogP contribution in [0, 0.1) is 0 Å². The average Bonchev–Trinajstić information content (AvgIpc) is 2.95. The van der Waals surface area contributed by atoms with Crippen molar-refractivity contribution >= 4 is 11.7 Å². The highest BCUT2D eigenvalue weighted by molar-refractivity contribution is 6.03. The third-order valence-electron chi connectivity index (χ3n) is 4.24. The van der Waals surface area contributed by atoms with Gasteiger partial charge in [-0.1, -0.05) is 26.8 Å². The maximum atomic E-state index is 12.4. The van der Waals surface area contributed by atoms with Gasteiger partial charge in [-0.2, -0.15) is 5.10 Å². The van der Waals surface area contributed by atoms with Crippen molar-refractivity contribution in [3.63, 3.8) is 0 Å². The summed E-state index contributed by atoms with van der Waals surface area (Å²) in [6.45, 7) is 6.32. The molecule has 22 heavy (non-hydrogen) atoms. The minimum absolute atomic E-state index is 0.0121. The van der Waals surface area contributed by atoms with E-state index in [0.29, 0.717) is 11.4 Å². The summed E-state index contributed by atoms with van der Waals surface area (Å²) in [6, 6.07) is 7.93. The largest absolute Gasteiger partial charge is 0.305 e. The Balaban J connectivity index is 1.76. The number of rotatable bonds is 2. The van der Waals surface area contributed by atoms with Crippen LogP contribution >= 0.6 is 0 Å². The number of anilines is 1. The van der Waals surface area contributed by atoms with Crippen molar-refractivity contribution in [3.8, 4) is 0 Å². The molecule has 0 radical (unpaired) electrons. The van der Waals surface area contributed by atoms with Crippen molar-refractivity contribution in [3.05, 3.63) is 46.6 Å². The molecule has 4 nitrogen and oxygen atoms in total. The summed E-state index contributed by atoms with van der Waals surface area (Å²) in [7, 11) is 0. The molecular formula is C18H23N3O. The number of hydrogen-bond acceptors (Lipinski definition) is 2. The highest BCUT2D eigenvalue weighted by Crippen LogP contribution is 2.24. The average molecular weight is 297 g/mol. The lowest BCUT2D eigenvalue weighted by Gasteiger charge is -2.16. The molecule has 1 aromatic heterocycles. The van der Waals surface area contributed by atoms with Crippen LogP contribution in [-0.4, -0.2) is 16.1 Å². The van der Waals surface area contributed by atoms with Crippen LogP contribution in [0.5, 0.6) is 0 Å². The molecule has 1 amide bonds. The molecule has 116 valence electrons. The molecular weight excluding hydrogens is 274 g/mol. The molecule has 0 unspecified atom stereocenters. The number of carbonyl (C=O) groups excluding carboxylic acids is 1. The topological polar surface area (TPSA) is 57.8 Å². The maximum absolute atomic E-state index is 12.4. The van der Waals surface area contributed by atoms with Gasteiger partial charge in [0, 0.05) is 22.7 Å². The van der Waals surface area contributed by atoms with E-state index < -0.39 is 0 Å². The van der Waals surface area contributed by atoms with Crippen LogP contribution in [-0.2, 0) is 18.3 Å². The normalized spacial score (nSPS) is 14.5. The van der Waals surface area contributed by atoms with Crippen LogP contribution in [0.15, 0.2) is 24.3 Å². The highest BCUT2D eigenvalue weighted by Gasteiger charge is 2.18. The van der Waals surface area contributed by atoms with Gasteiger partial charge in [-0.15, -0.1) is 0 Å².